The van der Waals surface area contributed by atoms with Crippen LogP contribution in [0.4, 0.5) is 0 Å². The van der Waals surface area contributed by atoms with Crippen LogP contribution in [0, 0.1) is 0 Å². The van der Waals surface area contributed by atoms with E-state index in [9.17, 15) is 5.11 Å². The molecule has 0 aromatic rings. The minimum absolute atomic E-state index is 0.143. The first-order chi connectivity index (χ1) is 9.19. The van der Waals surface area contributed by atoms with Gasteiger partial charge in [0.25, 0.3) is 0 Å². The normalized spacial score (nSPS) is 29.5. The number of piperazine rings is 1. The number of hydrogen-bond donors (Lipinski definition) is 1. The average molecular weight is 269 g/mol. The molecule has 2 aliphatic rings. The van der Waals surface area contributed by atoms with Gasteiger partial charge in [0.15, 0.2) is 0 Å². The molecule has 0 aromatic carbocycles. The van der Waals surface area contributed by atoms with E-state index < -0.39 is 0 Å². The molecule has 0 amide bonds. The van der Waals surface area contributed by atoms with E-state index in [0.717, 1.165) is 32.1 Å². The first-order valence-corrected chi connectivity index (χ1v) is 8.02. The van der Waals surface area contributed by atoms with Crippen LogP contribution in [0.3, 0.4) is 0 Å². The summed E-state index contributed by atoms with van der Waals surface area (Å²) in [5.74, 6) is 0. The summed E-state index contributed by atoms with van der Waals surface area (Å²) in [6.07, 6.45) is 4.86. The molecule has 4 nitrogen and oxygen atoms in total. The second-order valence-corrected chi connectivity index (χ2v) is 6.29. The van der Waals surface area contributed by atoms with E-state index in [2.05, 4.69) is 28.7 Å². The number of nitrogens with zero attached hydrogens (tertiary/aromatic N) is 3. The molecule has 19 heavy (non-hydrogen) atoms. The van der Waals surface area contributed by atoms with Gasteiger partial charge in [-0.15, -0.1) is 0 Å². The lowest BCUT2D eigenvalue weighted by Gasteiger charge is -2.40. The van der Waals surface area contributed by atoms with Crippen molar-refractivity contribution in [2.45, 2.75) is 44.8 Å². The van der Waals surface area contributed by atoms with E-state index in [-0.39, 0.29) is 6.10 Å². The number of hydrogen-bond acceptors (Lipinski definition) is 4. The summed E-state index contributed by atoms with van der Waals surface area (Å²) in [4.78, 5) is 7.56. The topological polar surface area (TPSA) is 30.0 Å². The summed E-state index contributed by atoms with van der Waals surface area (Å²) in [6.45, 7) is 9.99. The second-order valence-electron chi connectivity index (χ2n) is 6.29. The Hall–Kier alpha value is -0.160. The smallest absolute Gasteiger partial charge is 0.0664 e. The van der Waals surface area contributed by atoms with E-state index in [1.54, 1.807) is 0 Å². The average Bonchev–Trinajstić information content (AvgIpc) is 2.43. The van der Waals surface area contributed by atoms with Crippen LogP contribution in [-0.4, -0.2) is 84.8 Å². The monoisotopic (exact) mass is 269 g/mol. The molecule has 2 saturated heterocycles. The maximum atomic E-state index is 9.71. The van der Waals surface area contributed by atoms with Gasteiger partial charge in [-0.1, -0.05) is 13.3 Å². The molecule has 0 unspecified atom stereocenters. The zero-order valence-electron chi connectivity index (χ0n) is 12.7. The Kier molecular flexibility index (Phi) is 6.07. The van der Waals surface area contributed by atoms with Crippen LogP contribution >= 0.6 is 0 Å². The fourth-order valence-corrected chi connectivity index (χ4v) is 3.25. The third kappa shape index (κ3) is 4.71. The van der Waals surface area contributed by atoms with Gasteiger partial charge in [-0.3, -0.25) is 9.80 Å². The Morgan fingerprint density at radius 2 is 1.74 bits per heavy atom. The van der Waals surface area contributed by atoms with Crippen LogP contribution < -0.4 is 0 Å². The maximum Gasteiger partial charge on any atom is 0.0664 e. The number of likely N-dealkylation sites (N-methyl/N-ethyl adjacent to an activating group) is 1. The van der Waals surface area contributed by atoms with E-state index in [1.807, 2.05) is 0 Å². The van der Waals surface area contributed by atoms with Crippen LogP contribution in [0.15, 0.2) is 0 Å². The van der Waals surface area contributed by atoms with Crippen molar-refractivity contribution < 1.29 is 5.11 Å². The summed E-state index contributed by atoms with van der Waals surface area (Å²) < 4.78 is 0. The number of rotatable bonds is 5. The van der Waals surface area contributed by atoms with Crippen molar-refractivity contribution in [3.8, 4) is 0 Å². The van der Waals surface area contributed by atoms with Crippen molar-refractivity contribution in [2.75, 3.05) is 52.9 Å². The van der Waals surface area contributed by atoms with Gasteiger partial charge in [0.05, 0.1) is 6.10 Å². The SMILES string of the molecule is CC[C@@H](O)CN1CCN(C[C@@H]2CCCCN2C)CC1. The Balaban J connectivity index is 1.68. The molecule has 2 heterocycles. The molecule has 1 N–H and O–H groups in total. The first-order valence-electron chi connectivity index (χ1n) is 8.02. The number of aliphatic hydroxyl groups is 1. The van der Waals surface area contributed by atoms with E-state index in [0.29, 0.717) is 0 Å². The molecule has 0 saturated carbocycles. The Labute approximate surface area is 118 Å². The highest BCUT2D eigenvalue weighted by atomic mass is 16.3. The van der Waals surface area contributed by atoms with Crippen molar-refractivity contribution in [3.63, 3.8) is 0 Å². The summed E-state index contributed by atoms with van der Waals surface area (Å²) in [6, 6.07) is 0.765. The van der Waals surface area contributed by atoms with Gasteiger partial charge < -0.3 is 10.0 Å². The molecule has 112 valence electrons. The molecule has 0 radical (unpaired) electrons. The summed E-state index contributed by atoms with van der Waals surface area (Å²) in [7, 11) is 2.28. The quantitative estimate of drug-likeness (QED) is 0.802. The first kappa shape index (κ1) is 15.2. The lowest BCUT2D eigenvalue weighted by molar-refractivity contribution is 0.0544. The standard InChI is InChI=1S/C15H31N3O/c1-3-15(19)13-18-10-8-17(9-11-18)12-14-6-4-5-7-16(14)2/h14-15,19H,3-13H2,1-2H3/t14-,15+/m0/s1. The summed E-state index contributed by atoms with van der Waals surface area (Å²) >= 11 is 0. The summed E-state index contributed by atoms with van der Waals surface area (Å²) in [5, 5.41) is 9.71. The highest BCUT2D eigenvalue weighted by Gasteiger charge is 2.24. The van der Waals surface area contributed by atoms with E-state index in [1.165, 1.54) is 45.4 Å². The molecule has 2 rings (SSSR count). The zero-order chi connectivity index (χ0) is 13.7. The number of piperidine rings is 1. The predicted octanol–water partition coefficient (Wildman–Crippen LogP) is 0.859. The number of β-amino-alcohol motifs (C(OH)–C–C–N with tert-alkyl or cyclic N) is 1. The fraction of sp³-hybridized carbons (Fsp3) is 1.00. The molecular formula is C15H31N3O. The van der Waals surface area contributed by atoms with Gasteiger partial charge in [-0.05, 0) is 32.9 Å². The van der Waals surface area contributed by atoms with Crippen molar-refractivity contribution in [3.05, 3.63) is 0 Å². The molecular weight excluding hydrogens is 238 g/mol. The highest BCUT2D eigenvalue weighted by molar-refractivity contribution is 4.81. The molecule has 0 spiro atoms. The zero-order valence-corrected chi connectivity index (χ0v) is 12.7. The predicted molar refractivity (Wildman–Crippen MR) is 79.4 cm³/mol. The fourth-order valence-electron chi connectivity index (χ4n) is 3.25. The maximum absolute atomic E-state index is 9.71. The van der Waals surface area contributed by atoms with Crippen LogP contribution in [0.1, 0.15) is 32.6 Å². The third-order valence-corrected chi connectivity index (χ3v) is 4.80. The largest absolute Gasteiger partial charge is 0.392 e. The van der Waals surface area contributed by atoms with E-state index >= 15 is 0 Å². The van der Waals surface area contributed by atoms with Crippen molar-refractivity contribution in [1.82, 2.24) is 14.7 Å². The molecule has 0 aliphatic carbocycles. The van der Waals surface area contributed by atoms with Gasteiger partial charge in [0.2, 0.25) is 0 Å². The molecule has 0 bridgehead atoms. The van der Waals surface area contributed by atoms with Crippen molar-refractivity contribution in [2.24, 2.45) is 0 Å². The molecule has 2 aliphatic heterocycles. The van der Waals surface area contributed by atoms with Crippen LogP contribution in [0.2, 0.25) is 0 Å². The lowest BCUT2D eigenvalue weighted by Crippen LogP contribution is -2.52. The molecule has 2 fully saturated rings. The Morgan fingerprint density at radius 1 is 1.05 bits per heavy atom. The molecule has 4 heteroatoms. The van der Waals surface area contributed by atoms with Crippen LogP contribution in [-0.2, 0) is 0 Å². The minimum Gasteiger partial charge on any atom is -0.392 e. The number of aliphatic hydroxyl groups excluding tert-OH is 1. The number of likely N-dealkylation sites (tertiary alicyclic amines) is 1. The minimum atomic E-state index is -0.143. The van der Waals surface area contributed by atoms with E-state index in [4.69, 9.17) is 0 Å². The van der Waals surface area contributed by atoms with Gasteiger partial charge in [0.1, 0.15) is 0 Å². The van der Waals surface area contributed by atoms with Crippen LogP contribution in [0.5, 0.6) is 0 Å². The van der Waals surface area contributed by atoms with Gasteiger partial charge >= 0.3 is 0 Å². The van der Waals surface area contributed by atoms with Crippen LogP contribution in [0.25, 0.3) is 0 Å². The molecule has 0 aromatic heterocycles. The molecule has 2 atom stereocenters. The van der Waals surface area contributed by atoms with Gasteiger partial charge in [0, 0.05) is 45.3 Å². The van der Waals surface area contributed by atoms with Gasteiger partial charge in [-0.25, -0.2) is 0 Å². The third-order valence-electron chi connectivity index (χ3n) is 4.80. The lowest BCUT2D eigenvalue weighted by atomic mass is 10.0. The second kappa shape index (κ2) is 7.58. The Bertz CT molecular complexity index is 254. The van der Waals surface area contributed by atoms with Crippen molar-refractivity contribution >= 4 is 0 Å². The van der Waals surface area contributed by atoms with Crippen molar-refractivity contribution in [1.29, 1.82) is 0 Å². The Morgan fingerprint density at radius 3 is 2.37 bits per heavy atom. The highest BCUT2D eigenvalue weighted by Crippen LogP contribution is 2.16. The van der Waals surface area contributed by atoms with Gasteiger partial charge in [-0.2, -0.15) is 0 Å². The summed E-state index contributed by atoms with van der Waals surface area (Å²) in [5.41, 5.74) is 0.